The second-order valence-electron chi connectivity index (χ2n) is 4.77. The molecular weight excluding hydrogens is 220 g/mol. The van der Waals surface area contributed by atoms with E-state index >= 15 is 0 Å². The summed E-state index contributed by atoms with van der Waals surface area (Å²) in [6.07, 6.45) is 1.37. The minimum Gasteiger partial charge on any atom is -0.473 e. The Morgan fingerprint density at radius 1 is 1.47 bits per heavy atom. The third kappa shape index (κ3) is 3.74. The number of nitrogen functional groups attached to an aromatic ring is 1. The van der Waals surface area contributed by atoms with Crippen LogP contribution in [0.15, 0.2) is 6.33 Å². The molecule has 0 radical (unpaired) electrons. The lowest BCUT2D eigenvalue weighted by atomic mass is 10.1. The van der Waals surface area contributed by atoms with Crippen LogP contribution in [0.3, 0.4) is 0 Å². The highest BCUT2D eigenvalue weighted by atomic mass is 16.5. The fourth-order valence-electron chi connectivity index (χ4n) is 1.16. The van der Waals surface area contributed by atoms with E-state index in [1.165, 1.54) is 6.33 Å². The van der Waals surface area contributed by atoms with Crippen LogP contribution in [-0.4, -0.2) is 33.3 Å². The first-order chi connectivity index (χ1) is 7.85. The van der Waals surface area contributed by atoms with E-state index in [1.807, 2.05) is 27.7 Å². The molecule has 0 spiro atoms. The van der Waals surface area contributed by atoms with Gasteiger partial charge in [-0.25, -0.2) is 4.98 Å². The van der Waals surface area contributed by atoms with E-state index in [9.17, 15) is 5.11 Å². The summed E-state index contributed by atoms with van der Waals surface area (Å²) >= 11 is 0. The molecule has 0 aliphatic heterocycles. The summed E-state index contributed by atoms with van der Waals surface area (Å²) in [5.41, 5.74) is 5.75. The molecule has 0 atom stereocenters. The molecule has 0 saturated heterocycles. The van der Waals surface area contributed by atoms with Crippen molar-refractivity contribution in [2.45, 2.75) is 39.3 Å². The SMILES string of the molecule is CC(C)Oc1ncnc(NC(C)(C)CO)c1N. The molecule has 1 aromatic rings. The minimum atomic E-state index is -0.502. The highest BCUT2D eigenvalue weighted by Crippen LogP contribution is 2.27. The van der Waals surface area contributed by atoms with Crippen molar-refractivity contribution in [1.82, 2.24) is 9.97 Å². The summed E-state index contributed by atoms with van der Waals surface area (Å²) in [7, 11) is 0. The summed E-state index contributed by atoms with van der Waals surface area (Å²) in [5.74, 6) is 0.820. The maximum absolute atomic E-state index is 9.18. The van der Waals surface area contributed by atoms with Gasteiger partial charge in [-0.1, -0.05) is 0 Å². The molecule has 1 heterocycles. The number of aromatic nitrogens is 2. The number of aliphatic hydroxyl groups excluding tert-OH is 1. The number of nitrogens with zero attached hydrogens (tertiary/aromatic N) is 2. The Bertz CT molecular complexity index is 380. The van der Waals surface area contributed by atoms with Crippen LogP contribution in [0.4, 0.5) is 11.5 Å². The zero-order valence-electron chi connectivity index (χ0n) is 10.7. The first-order valence-corrected chi connectivity index (χ1v) is 5.52. The number of nitrogens with one attached hydrogen (secondary N) is 1. The Labute approximate surface area is 101 Å². The van der Waals surface area contributed by atoms with Crippen molar-refractivity contribution < 1.29 is 9.84 Å². The Morgan fingerprint density at radius 2 is 2.12 bits per heavy atom. The first-order valence-electron chi connectivity index (χ1n) is 5.52. The van der Waals surface area contributed by atoms with Gasteiger partial charge in [-0.3, -0.25) is 0 Å². The predicted molar refractivity (Wildman–Crippen MR) is 67.0 cm³/mol. The summed E-state index contributed by atoms with van der Waals surface area (Å²) in [6.45, 7) is 7.45. The second kappa shape index (κ2) is 5.18. The maximum Gasteiger partial charge on any atom is 0.242 e. The molecule has 0 amide bonds. The van der Waals surface area contributed by atoms with Crippen molar-refractivity contribution in [1.29, 1.82) is 0 Å². The molecular formula is C11H20N4O2. The zero-order chi connectivity index (χ0) is 13.1. The Balaban J connectivity index is 2.94. The van der Waals surface area contributed by atoms with Gasteiger partial charge in [0.15, 0.2) is 5.82 Å². The van der Waals surface area contributed by atoms with Crippen molar-refractivity contribution in [2.24, 2.45) is 0 Å². The van der Waals surface area contributed by atoms with Gasteiger partial charge in [0.25, 0.3) is 0 Å². The van der Waals surface area contributed by atoms with E-state index in [1.54, 1.807) is 0 Å². The molecule has 17 heavy (non-hydrogen) atoms. The number of ether oxygens (including phenoxy) is 1. The van der Waals surface area contributed by atoms with Crippen LogP contribution < -0.4 is 15.8 Å². The number of hydrogen-bond donors (Lipinski definition) is 3. The predicted octanol–water partition coefficient (Wildman–Crippen LogP) is 1.03. The molecule has 4 N–H and O–H groups in total. The molecule has 0 fully saturated rings. The highest BCUT2D eigenvalue weighted by Gasteiger charge is 2.19. The molecule has 0 bridgehead atoms. The average molecular weight is 240 g/mol. The van der Waals surface area contributed by atoms with Gasteiger partial charge in [0, 0.05) is 0 Å². The number of hydrogen-bond acceptors (Lipinski definition) is 6. The topological polar surface area (TPSA) is 93.3 Å². The van der Waals surface area contributed by atoms with Crippen molar-refractivity contribution >= 4 is 11.5 Å². The molecule has 6 heteroatoms. The van der Waals surface area contributed by atoms with Crippen LogP contribution in [0.5, 0.6) is 5.88 Å². The van der Waals surface area contributed by atoms with Crippen molar-refractivity contribution in [3.8, 4) is 5.88 Å². The van der Waals surface area contributed by atoms with E-state index in [0.29, 0.717) is 17.4 Å². The van der Waals surface area contributed by atoms with Gasteiger partial charge in [-0.15, -0.1) is 0 Å². The molecule has 0 saturated carbocycles. The fourth-order valence-corrected chi connectivity index (χ4v) is 1.16. The van der Waals surface area contributed by atoms with E-state index in [-0.39, 0.29) is 12.7 Å². The number of aliphatic hydroxyl groups is 1. The minimum absolute atomic E-state index is 0.00842. The van der Waals surface area contributed by atoms with Crippen molar-refractivity contribution in [2.75, 3.05) is 17.7 Å². The average Bonchev–Trinajstić information content (AvgIpc) is 2.23. The molecule has 0 aliphatic rings. The van der Waals surface area contributed by atoms with Crippen LogP contribution in [0.25, 0.3) is 0 Å². The molecule has 96 valence electrons. The monoisotopic (exact) mass is 240 g/mol. The smallest absolute Gasteiger partial charge is 0.242 e. The summed E-state index contributed by atoms with van der Waals surface area (Å²) in [6, 6.07) is 0. The van der Waals surface area contributed by atoms with E-state index in [0.717, 1.165) is 0 Å². The Morgan fingerprint density at radius 3 is 2.65 bits per heavy atom. The number of rotatable bonds is 5. The third-order valence-corrected chi connectivity index (χ3v) is 2.05. The molecule has 6 nitrogen and oxygen atoms in total. The van der Waals surface area contributed by atoms with Gasteiger partial charge < -0.3 is 20.9 Å². The van der Waals surface area contributed by atoms with Gasteiger partial charge in [0.2, 0.25) is 5.88 Å². The lowest BCUT2D eigenvalue weighted by Gasteiger charge is -2.25. The summed E-state index contributed by atoms with van der Waals surface area (Å²) in [4.78, 5) is 8.02. The highest BCUT2D eigenvalue weighted by molar-refractivity contribution is 5.67. The van der Waals surface area contributed by atoms with Crippen LogP contribution >= 0.6 is 0 Å². The quantitative estimate of drug-likeness (QED) is 0.711. The van der Waals surface area contributed by atoms with Gasteiger partial charge in [-0.05, 0) is 27.7 Å². The van der Waals surface area contributed by atoms with Crippen LogP contribution in [0.2, 0.25) is 0 Å². The van der Waals surface area contributed by atoms with Crippen molar-refractivity contribution in [3.63, 3.8) is 0 Å². The van der Waals surface area contributed by atoms with Crippen molar-refractivity contribution in [3.05, 3.63) is 6.33 Å². The molecule has 1 rings (SSSR count). The van der Waals surface area contributed by atoms with Crippen LogP contribution in [-0.2, 0) is 0 Å². The van der Waals surface area contributed by atoms with E-state index in [4.69, 9.17) is 10.5 Å². The molecule has 0 unspecified atom stereocenters. The first kappa shape index (κ1) is 13.5. The Hall–Kier alpha value is -1.56. The lowest BCUT2D eigenvalue weighted by molar-refractivity contribution is 0.231. The summed E-state index contributed by atoms with van der Waals surface area (Å²) < 4.78 is 5.46. The largest absolute Gasteiger partial charge is 0.473 e. The fraction of sp³-hybridized carbons (Fsp3) is 0.636. The number of nitrogens with two attached hydrogens (primary N) is 1. The van der Waals surface area contributed by atoms with Crippen LogP contribution in [0.1, 0.15) is 27.7 Å². The van der Waals surface area contributed by atoms with Gasteiger partial charge >= 0.3 is 0 Å². The second-order valence-corrected chi connectivity index (χ2v) is 4.77. The van der Waals surface area contributed by atoms with Gasteiger partial charge in [0.05, 0.1) is 18.2 Å². The normalized spacial score (nSPS) is 11.6. The third-order valence-electron chi connectivity index (χ3n) is 2.05. The van der Waals surface area contributed by atoms with E-state index < -0.39 is 5.54 Å². The lowest BCUT2D eigenvalue weighted by Crippen LogP contribution is -2.35. The van der Waals surface area contributed by atoms with Crippen LogP contribution in [0, 0.1) is 0 Å². The van der Waals surface area contributed by atoms with Gasteiger partial charge in [0.1, 0.15) is 12.0 Å². The van der Waals surface area contributed by atoms with Gasteiger partial charge in [-0.2, -0.15) is 4.98 Å². The summed E-state index contributed by atoms with van der Waals surface area (Å²) in [5, 5.41) is 12.2. The Kier molecular flexibility index (Phi) is 4.11. The standard InChI is InChI=1S/C11H20N4O2/c1-7(2)17-10-8(12)9(13-6-14-10)15-11(3,4)5-16/h6-7,16H,5,12H2,1-4H3,(H,13,14,15). The number of anilines is 2. The molecule has 0 aliphatic carbocycles. The maximum atomic E-state index is 9.18. The molecule has 1 aromatic heterocycles. The van der Waals surface area contributed by atoms with E-state index in [2.05, 4.69) is 15.3 Å². The molecule has 0 aromatic carbocycles. The zero-order valence-corrected chi connectivity index (χ0v) is 10.7.